The molecule has 0 N–H and O–H groups in total. The lowest BCUT2D eigenvalue weighted by Gasteiger charge is -2.28. The van der Waals surface area contributed by atoms with Crippen LogP contribution in [0.3, 0.4) is 0 Å². The second kappa shape index (κ2) is 9.03. The van der Waals surface area contributed by atoms with Crippen molar-refractivity contribution in [1.29, 1.82) is 0 Å². The summed E-state index contributed by atoms with van der Waals surface area (Å²) in [6, 6.07) is 14.6. The highest BCUT2D eigenvalue weighted by Crippen LogP contribution is 2.37. The summed E-state index contributed by atoms with van der Waals surface area (Å²) in [7, 11) is 1.44. The lowest BCUT2D eigenvalue weighted by molar-refractivity contribution is -0.145. The van der Waals surface area contributed by atoms with Gasteiger partial charge in [-0.3, -0.25) is 9.59 Å². The Morgan fingerprint density at radius 3 is 2.27 bits per heavy atom. The highest BCUT2D eigenvalue weighted by molar-refractivity contribution is 5.75. The summed E-state index contributed by atoms with van der Waals surface area (Å²) in [5.41, 5.74) is 4.98. The monoisotopic (exact) mass is 406 g/mol. The largest absolute Gasteiger partial charge is 0.469 e. The molecule has 4 nitrogen and oxygen atoms in total. The Bertz CT molecular complexity index is 907. The van der Waals surface area contributed by atoms with Crippen LogP contribution in [0.5, 0.6) is 5.75 Å². The molecule has 158 valence electrons. The number of carbonyl (C=O) groups is 2. The molecule has 1 saturated carbocycles. The minimum absolute atomic E-state index is 0.0218. The topological polar surface area (TPSA) is 52.6 Å². The fourth-order valence-corrected chi connectivity index (χ4v) is 4.86. The standard InChI is InChI=1S/C26H30O4/c1-17-3-5-18(6-4-17)19-7-9-20(10-8-19)26(28)30-24-14-13-21-15-23(25(27)29-2)12-11-22(21)16-24/h3-6,13-14,16,19-20,23H,7-12,15H2,1-2H3. The van der Waals surface area contributed by atoms with Gasteiger partial charge in [-0.25, -0.2) is 0 Å². The van der Waals surface area contributed by atoms with Crippen LogP contribution in [0.4, 0.5) is 0 Å². The van der Waals surface area contributed by atoms with Crippen molar-refractivity contribution in [2.24, 2.45) is 11.8 Å². The van der Waals surface area contributed by atoms with Gasteiger partial charge in [-0.05, 0) is 86.6 Å². The molecule has 0 aromatic heterocycles. The van der Waals surface area contributed by atoms with Crippen molar-refractivity contribution in [3.05, 3.63) is 64.7 Å². The van der Waals surface area contributed by atoms with E-state index in [1.807, 2.05) is 18.2 Å². The first-order valence-corrected chi connectivity index (χ1v) is 11.0. The minimum atomic E-state index is -0.141. The third-order valence-electron chi connectivity index (χ3n) is 6.77. The molecule has 2 aliphatic rings. The van der Waals surface area contributed by atoms with Crippen LogP contribution in [0.25, 0.3) is 0 Å². The number of methoxy groups -OCH3 is 1. The summed E-state index contributed by atoms with van der Waals surface area (Å²) >= 11 is 0. The first-order valence-electron chi connectivity index (χ1n) is 11.0. The van der Waals surface area contributed by atoms with Crippen LogP contribution in [0, 0.1) is 18.8 Å². The zero-order valence-electron chi connectivity index (χ0n) is 17.9. The molecule has 2 aromatic carbocycles. The van der Waals surface area contributed by atoms with Crippen LogP contribution in [0.15, 0.2) is 42.5 Å². The second-order valence-corrected chi connectivity index (χ2v) is 8.77. The normalized spacial score (nSPS) is 23.3. The number of ether oxygens (including phenoxy) is 2. The Labute approximate surface area is 178 Å². The van der Waals surface area contributed by atoms with Gasteiger partial charge in [0.05, 0.1) is 18.9 Å². The van der Waals surface area contributed by atoms with Crippen LogP contribution < -0.4 is 4.74 Å². The summed E-state index contributed by atoms with van der Waals surface area (Å²) < 4.78 is 10.6. The molecular weight excluding hydrogens is 376 g/mol. The van der Waals surface area contributed by atoms with E-state index in [1.54, 1.807) is 0 Å². The molecule has 4 rings (SSSR count). The predicted octanol–water partition coefficient (Wildman–Crippen LogP) is 5.15. The van der Waals surface area contributed by atoms with Gasteiger partial charge in [0, 0.05) is 0 Å². The Balaban J connectivity index is 1.33. The summed E-state index contributed by atoms with van der Waals surface area (Å²) in [5.74, 6) is 0.820. The van der Waals surface area contributed by atoms with E-state index >= 15 is 0 Å². The fraction of sp³-hybridized carbons (Fsp3) is 0.462. The molecule has 1 atom stereocenters. The van der Waals surface area contributed by atoms with Crippen molar-refractivity contribution >= 4 is 11.9 Å². The number of benzene rings is 2. The number of rotatable bonds is 4. The SMILES string of the molecule is COC(=O)C1CCc2cc(OC(=O)C3CCC(c4ccc(C)cc4)CC3)ccc2C1. The van der Waals surface area contributed by atoms with Gasteiger partial charge in [-0.1, -0.05) is 35.9 Å². The number of hydrogen-bond acceptors (Lipinski definition) is 4. The van der Waals surface area contributed by atoms with E-state index in [0.717, 1.165) is 44.1 Å². The van der Waals surface area contributed by atoms with Gasteiger partial charge in [-0.2, -0.15) is 0 Å². The van der Waals surface area contributed by atoms with Crippen LogP contribution in [-0.4, -0.2) is 19.0 Å². The molecule has 0 aliphatic heterocycles. The lowest BCUT2D eigenvalue weighted by Crippen LogP contribution is -2.26. The summed E-state index contributed by atoms with van der Waals surface area (Å²) in [6.07, 6.45) is 6.09. The van der Waals surface area contributed by atoms with E-state index in [4.69, 9.17) is 9.47 Å². The van der Waals surface area contributed by atoms with E-state index in [-0.39, 0.29) is 23.8 Å². The third-order valence-corrected chi connectivity index (χ3v) is 6.77. The second-order valence-electron chi connectivity index (χ2n) is 8.77. The lowest BCUT2D eigenvalue weighted by atomic mass is 9.78. The van der Waals surface area contributed by atoms with Gasteiger partial charge in [0.1, 0.15) is 5.75 Å². The maximum atomic E-state index is 12.7. The van der Waals surface area contributed by atoms with Gasteiger partial charge in [-0.15, -0.1) is 0 Å². The average molecular weight is 407 g/mol. The number of aryl methyl sites for hydroxylation is 2. The number of carbonyl (C=O) groups excluding carboxylic acids is 2. The molecule has 0 saturated heterocycles. The van der Waals surface area contributed by atoms with Gasteiger partial charge < -0.3 is 9.47 Å². The van der Waals surface area contributed by atoms with Crippen LogP contribution in [0.2, 0.25) is 0 Å². The Morgan fingerprint density at radius 2 is 1.57 bits per heavy atom. The van der Waals surface area contributed by atoms with Crippen LogP contribution in [-0.2, 0) is 27.2 Å². The van der Waals surface area contributed by atoms with Crippen LogP contribution >= 0.6 is 0 Å². The molecule has 1 unspecified atom stereocenters. The highest BCUT2D eigenvalue weighted by atomic mass is 16.5. The molecule has 0 amide bonds. The molecule has 0 spiro atoms. The molecule has 1 fully saturated rings. The van der Waals surface area contributed by atoms with Gasteiger partial charge >= 0.3 is 11.9 Å². The third kappa shape index (κ3) is 4.58. The van der Waals surface area contributed by atoms with E-state index in [1.165, 1.54) is 23.8 Å². The molecule has 30 heavy (non-hydrogen) atoms. The van der Waals surface area contributed by atoms with Crippen molar-refractivity contribution in [3.63, 3.8) is 0 Å². The molecule has 0 bridgehead atoms. The maximum Gasteiger partial charge on any atom is 0.314 e. The van der Waals surface area contributed by atoms with Gasteiger partial charge in [0.25, 0.3) is 0 Å². The van der Waals surface area contributed by atoms with Gasteiger partial charge in [0.2, 0.25) is 0 Å². The van der Waals surface area contributed by atoms with Crippen LogP contribution in [0.1, 0.15) is 60.3 Å². The number of hydrogen-bond donors (Lipinski definition) is 0. The number of esters is 2. The summed E-state index contributed by atoms with van der Waals surface area (Å²) in [5, 5.41) is 0. The van der Waals surface area contributed by atoms with Crippen molar-refractivity contribution in [2.75, 3.05) is 7.11 Å². The zero-order valence-corrected chi connectivity index (χ0v) is 17.9. The first kappa shape index (κ1) is 20.6. The molecule has 0 radical (unpaired) electrons. The van der Waals surface area contributed by atoms with Crippen molar-refractivity contribution in [2.45, 2.75) is 57.8 Å². The van der Waals surface area contributed by atoms with Crippen molar-refractivity contribution < 1.29 is 19.1 Å². The predicted molar refractivity (Wildman–Crippen MR) is 115 cm³/mol. The minimum Gasteiger partial charge on any atom is -0.469 e. The highest BCUT2D eigenvalue weighted by Gasteiger charge is 2.29. The Morgan fingerprint density at radius 1 is 0.833 bits per heavy atom. The quantitative estimate of drug-likeness (QED) is 0.520. The molecule has 2 aromatic rings. The van der Waals surface area contributed by atoms with Gasteiger partial charge in [0.15, 0.2) is 0 Å². The summed E-state index contributed by atoms with van der Waals surface area (Å²) in [4.78, 5) is 24.5. The van der Waals surface area contributed by atoms with Crippen molar-refractivity contribution in [1.82, 2.24) is 0 Å². The van der Waals surface area contributed by atoms with E-state index in [2.05, 4.69) is 31.2 Å². The Hall–Kier alpha value is -2.62. The Kier molecular flexibility index (Phi) is 6.21. The molecule has 2 aliphatic carbocycles. The maximum absolute atomic E-state index is 12.7. The zero-order chi connectivity index (χ0) is 21.1. The molecule has 0 heterocycles. The fourth-order valence-electron chi connectivity index (χ4n) is 4.86. The first-order chi connectivity index (χ1) is 14.5. The summed E-state index contributed by atoms with van der Waals surface area (Å²) in [6.45, 7) is 2.11. The van der Waals surface area contributed by atoms with E-state index in [0.29, 0.717) is 18.1 Å². The molecular formula is C26H30O4. The number of fused-ring (bicyclic) bond motifs is 1. The van der Waals surface area contributed by atoms with E-state index in [9.17, 15) is 9.59 Å². The molecule has 4 heteroatoms. The smallest absolute Gasteiger partial charge is 0.314 e. The van der Waals surface area contributed by atoms with E-state index < -0.39 is 0 Å². The average Bonchev–Trinajstić information content (AvgIpc) is 2.78. The van der Waals surface area contributed by atoms with Crippen molar-refractivity contribution in [3.8, 4) is 5.75 Å².